The summed E-state index contributed by atoms with van der Waals surface area (Å²) in [6, 6.07) is 1.97. The van der Waals surface area contributed by atoms with Crippen LogP contribution in [0.2, 0.25) is 0 Å². The van der Waals surface area contributed by atoms with Crippen molar-refractivity contribution in [3.63, 3.8) is 0 Å². The Hall–Kier alpha value is -0.160. The highest BCUT2D eigenvalue weighted by atomic mass is 16.5. The highest BCUT2D eigenvalue weighted by Crippen LogP contribution is 2.28. The smallest absolute Gasteiger partial charge is 0.0622 e. The maximum atomic E-state index is 5.63. The minimum Gasteiger partial charge on any atom is -0.380 e. The van der Waals surface area contributed by atoms with E-state index in [1.165, 1.54) is 26.1 Å². The third kappa shape index (κ3) is 2.24. The van der Waals surface area contributed by atoms with Crippen molar-refractivity contribution in [1.82, 2.24) is 15.1 Å². The van der Waals surface area contributed by atoms with Crippen molar-refractivity contribution in [2.24, 2.45) is 5.92 Å². The van der Waals surface area contributed by atoms with Gasteiger partial charge in [0.2, 0.25) is 0 Å². The number of ether oxygens (including phenoxy) is 1. The largest absolute Gasteiger partial charge is 0.380 e. The summed E-state index contributed by atoms with van der Waals surface area (Å²) in [5.74, 6) is 0.775. The highest BCUT2D eigenvalue weighted by molar-refractivity contribution is 4.96. The zero-order valence-electron chi connectivity index (χ0n) is 11.1. The van der Waals surface area contributed by atoms with E-state index < -0.39 is 0 Å². The van der Waals surface area contributed by atoms with E-state index in [4.69, 9.17) is 4.74 Å². The topological polar surface area (TPSA) is 27.7 Å². The molecule has 0 aliphatic carbocycles. The molecule has 4 atom stereocenters. The Morgan fingerprint density at radius 3 is 3.06 bits per heavy atom. The fourth-order valence-electron chi connectivity index (χ4n) is 3.82. The second-order valence-corrected chi connectivity index (χ2v) is 5.94. The lowest BCUT2D eigenvalue weighted by molar-refractivity contribution is 0.000566. The Morgan fingerprint density at radius 1 is 1.29 bits per heavy atom. The van der Waals surface area contributed by atoms with Gasteiger partial charge in [-0.2, -0.15) is 0 Å². The summed E-state index contributed by atoms with van der Waals surface area (Å²) in [6.07, 6.45) is 1.22. The van der Waals surface area contributed by atoms with Gasteiger partial charge in [0, 0.05) is 50.9 Å². The summed E-state index contributed by atoms with van der Waals surface area (Å²) in [4.78, 5) is 5.20. The lowest BCUT2D eigenvalue weighted by Crippen LogP contribution is -2.57. The van der Waals surface area contributed by atoms with Crippen LogP contribution in [0.15, 0.2) is 0 Å². The SMILES string of the molecule is C[C@H]1[C@@H]2CCOCC2NCC2CN(C)CCN21. The minimum atomic E-state index is 0.578. The van der Waals surface area contributed by atoms with Crippen LogP contribution in [0.1, 0.15) is 13.3 Å². The molecule has 4 nitrogen and oxygen atoms in total. The van der Waals surface area contributed by atoms with Gasteiger partial charge in [0.25, 0.3) is 0 Å². The van der Waals surface area contributed by atoms with E-state index >= 15 is 0 Å². The maximum absolute atomic E-state index is 5.63. The van der Waals surface area contributed by atoms with Gasteiger partial charge in [0.05, 0.1) is 6.61 Å². The molecule has 17 heavy (non-hydrogen) atoms. The fraction of sp³-hybridized carbons (Fsp3) is 1.00. The number of likely N-dealkylation sites (N-methyl/N-ethyl adjacent to an activating group) is 1. The summed E-state index contributed by atoms with van der Waals surface area (Å²) in [5, 5.41) is 3.74. The Kier molecular flexibility index (Phi) is 3.39. The highest BCUT2D eigenvalue weighted by Gasteiger charge is 2.40. The lowest BCUT2D eigenvalue weighted by Gasteiger charge is -2.44. The van der Waals surface area contributed by atoms with E-state index in [0.717, 1.165) is 25.7 Å². The van der Waals surface area contributed by atoms with Crippen LogP contribution in [-0.2, 0) is 4.74 Å². The van der Waals surface area contributed by atoms with Gasteiger partial charge in [-0.05, 0) is 26.3 Å². The third-order valence-electron chi connectivity index (χ3n) is 4.90. The molecule has 0 amide bonds. The molecule has 2 unspecified atom stereocenters. The zero-order chi connectivity index (χ0) is 11.8. The predicted molar refractivity (Wildman–Crippen MR) is 68.2 cm³/mol. The third-order valence-corrected chi connectivity index (χ3v) is 4.90. The van der Waals surface area contributed by atoms with Crippen molar-refractivity contribution in [2.75, 3.05) is 46.4 Å². The van der Waals surface area contributed by atoms with Crippen LogP contribution in [0.3, 0.4) is 0 Å². The van der Waals surface area contributed by atoms with Crippen LogP contribution in [0.25, 0.3) is 0 Å². The number of hydrogen-bond acceptors (Lipinski definition) is 4. The van der Waals surface area contributed by atoms with E-state index in [-0.39, 0.29) is 0 Å². The normalized spacial score (nSPS) is 44.8. The van der Waals surface area contributed by atoms with E-state index in [1.807, 2.05) is 0 Å². The summed E-state index contributed by atoms with van der Waals surface area (Å²) >= 11 is 0. The van der Waals surface area contributed by atoms with E-state index in [0.29, 0.717) is 18.1 Å². The van der Waals surface area contributed by atoms with Gasteiger partial charge in [-0.3, -0.25) is 4.90 Å². The average Bonchev–Trinajstić information content (AvgIpc) is 2.48. The maximum Gasteiger partial charge on any atom is 0.0622 e. The van der Waals surface area contributed by atoms with Crippen LogP contribution >= 0.6 is 0 Å². The first-order valence-electron chi connectivity index (χ1n) is 7.01. The van der Waals surface area contributed by atoms with Gasteiger partial charge < -0.3 is 15.0 Å². The van der Waals surface area contributed by atoms with Crippen LogP contribution < -0.4 is 5.32 Å². The minimum absolute atomic E-state index is 0.578. The van der Waals surface area contributed by atoms with Crippen LogP contribution in [0.4, 0.5) is 0 Å². The Balaban J connectivity index is 1.76. The van der Waals surface area contributed by atoms with Crippen molar-refractivity contribution in [1.29, 1.82) is 0 Å². The molecule has 0 radical (unpaired) electrons. The quantitative estimate of drug-likeness (QED) is 0.644. The zero-order valence-corrected chi connectivity index (χ0v) is 11.1. The van der Waals surface area contributed by atoms with Crippen molar-refractivity contribution in [3.8, 4) is 0 Å². The molecule has 3 fully saturated rings. The van der Waals surface area contributed by atoms with Crippen molar-refractivity contribution in [3.05, 3.63) is 0 Å². The summed E-state index contributed by atoms with van der Waals surface area (Å²) in [5.41, 5.74) is 0. The summed E-state index contributed by atoms with van der Waals surface area (Å²) in [6.45, 7) is 9.06. The molecule has 3 rings (SSSR count). The molecule has 0 aromatic heterocycles. The number of hydrogen-bond donors (Lipinski definition) is 1. The lowest BCUT2D eigenvalue weighted by atomic mass is 9.88. The van der Waals surface area contributed by atoms with Crippen molar-refractivity contribution < 1.29 is 4.74 Å². The van der Waals surface area contributed by atoms with Gasteiger partial charge in [0.15, 0.2) is 0 Å². The van der Waals surface area contributed by atoms with Gasteiger partial charge in [-0.25, -0.2) is 0 Å². The van der Waals surface area contributed by atoms with Gasteiger partial charge in [-0.1, -0.05) is 0 Å². The van der Waals surface area contributed by atoms with Crippen LogP contribution in [0, 0.1) is 5.92 Å². The first kappa shape index (κ1) is 11.9. The van der Waals surface area contributed by atoms with Gasteiger partial charge in [-0.15, -0.1) is 0 Å². The molecule has 0 spiro atoms. The Bertz CT molecular complexity index is 273. The molecule has 0 saturated carbocycles. The predicted octanol–water partition coefficient (Wildman–Crippen LogP) is -0.000800. The number of nitrogens with zero attached hydrogens (tertiary/aromatic N) is 2. The number of fused-ring (bicyclic) bond motifs is 2. The monoisotopic (exact) mass is 239 g/mol. The molecular formula is C13H25N3O. The molecule has 1 N–H and O–H groups in total. The summed E-state index contributed by atoms with van der Waals surface area (Å²) in [7, 11) is 2.24. The molecule has 3 aliphatic heterocycles. The standard InChI is InChI=1S/C13H25N3O/c1-10-12-3-6-17-9-13(12)14-7-11-8-15(2)4-5-16(10)11/h10-14H,3-9H2,1-2H3/t10-,11?,12-,13?/m0/s1. The molecule has 4 heteroatoms. The molecule has 0 aromatic carbocycles. The van der Waals surface area contributed by atoms with Crippen molar-refractivity contribution in [2.45, 2.75) is 31.5 Å². The number of nitrogens with one attached hydrogen (secondary N) is 1. The average molecular weight is 239 g/mol. The number of piperazine rings is 1. The van der Waals surface area contributed by atoms with Gasteiger partial charge >= 0.3 is 0 Å². The van der Waals surface area contributed by atoms with E-state index in [9.17, 15) is 0 Å². The molecule has 98 valence electrons. The Labute approximate surface area is 104 Å². The molecule has 3 saturated heterocycles. The van der Waals surface area contributed by atoms with Crippen LogP contribution in [-0.4, -0.2) is 74.4 Å². The second-order valence-electron chi connectivity index (χ2n) is 5.94. The Morgan fingerprint density at radius 2 is 2.18 bits per heavy atom. The fourth-order valence-corrected chi connectivity index (χ4v) is 3.82. The van der Waals surface area contributed by atoms with E-state index in [1.54, 1.807) is 0 Å². The second kappa shape index (κ2) is 4.84. The first-order chi connectivity index (χ1) is 8.25. The van der Waals surface area contributed by atoms with Gasteiger partial charge in [0.1, 0.15) is 0 Å². The molecule has 0 bridgehead atoms. The molecular weight excluding hydrogens is 214 g/mol. The summed E-state index contributed by atoms with van der Waals surface area (Å²) < 4.78 is 5.63. The van der Waals surface area contributed by atoms with Crippen molar-refractivity contribution >= 4 is 0 Å². The van der Waals surface area contributed by atoms with Crippen LogP contribution in [0.5, 0.6) is 0 Å². The molecule has 3 heterocycles. The molecule has 3 aliphatic rings. The van der Waals surface area contributed by atoms with E-state index in [2.05, 4.69) is 29.1 Å². The molecule has 0 aromatic rings. The number of rotatable bonds is 0. The first-order valence-corrected chi connectivity index (χ1v) is 7.01.